The van der Waals surface area contributed by atoms with E-state index in [1.807, 2.05) is 48.5 Å². The summed E-state index contributed by atoms with van der Waals surface area (Å²) in [5.41, 5.74) is 0.716. The Hall–Kier alpha value is -4.13. The van der Waals surface area contributed by atoms with Crippen LogP contribution in [0.5, 0.6) is 0 Å². The lowest BCUT2D eigenvalue weighted by Crippen LogP contribution is -1.97. The van der Waals surface area contributed by atoms with E-state index in [-0.39, 0.29) is 16.7 Å². The molecule has 3 heteroatoms. The van der Waals surface area contributed by atoms with Gasteiger partial charge < -0.3 is 0 Å². The van der Waals surface area contributed by atoms with Gasteiger partial charge in [0, 0.05) is 16.2 Å². The first-order valence-corrected chi connectivity index (χ1v) is 8.15. The molecular weight excluding hydrogens is 318 g/mol. The normalized spacial score (nSPS) is 11.0. The third-order valence-corrected chi connectivity index (χ3v) is 5.13. The van der Waals surface area contributed by atoms with Crippen molar-refractivity contribution in [3.63, 3.8) is 0 Å². The molecule has 0 heterocycles. The van der Waals surface area contributed by atoms with Crippen molar-refractivity contribution < 1.29 is 0 Å². The van der Waals surface area contributed by atoms with Gasteiger partial charge in [-0.2, -0.15) is 15.8 Å². The zero-order valence-electron chi connectivity index (χ0n) is 13.5. The number of fused-ring (bicyclic) bond motifs is 2. The quantitative estimate of drug-likeness (QED) is 0.284. The van der Waals surface area contributed by atoms with Gasteiger partial charge in [-0.1, -0.05) is 54.6 Å². The van der Waals surface area contributed by atoms with E-state index in [9.17, 15) is 15.8 Å². The van der Waals surface area contributed by atoms with Crippen molar-refractivity contribution in [2.24, 2.45) is 0 Å². The third-order valence-electron chi connectivity index (χ3n) is 5.13. The lowest BCUT2D eigenvalue weighted by Gasteiger charge is -2.16. The maximum atomic E-state index is 9.85. The van der Waals surface area contributed by atoms with Gasteiger partial charge in [0.05, 0.1) is 16.7 Å². The fourth-order valence-corrected chi connectivity index (χ4v) is 4.15. The topological polar surface area (TPSA) is 71.4 Å². The predicted octanol–water partition coefficient (Wildman–Crippen LogP) is 5.35. The van der Waals surface area contributed by atoms with Crippen molar-refractivity contribution in [1.82, 2.24) is 0 Å². The van der Waals surface area contributed by atoms with Crippen molar-refractivity contribution in [2.75, 3.05) is 0 Å². The highest BCUT2D eigenvalue weighted by Gasteiger charge is 2.22. The first-order chi connectivity index (χ1) is 12.8. The van der Waals surface area contributed by atoms with Crippen molar-refractivity contribution >= 4 is 43.1 Å². The Morgan fingerprint density at radius 2 is 1.00 bits per heavy atom. The largest absolute Gasteiger partial charge is 0.192 e. The Balaban J connectivity index is 2.32. The first kappa shape index (κ1) is 14.2. The van der Waals surface area contributed by atoms with Gasteiger partial charge in [0.15, 0.2) is 0 Å². The molecule has 0 aromatic heterocycles. The molecule has 5 rings (SSSR count). The highest BCUT2D eigenvalue weighted by atomic mass is 14.3. The number of benzene rings is 5. The summed E-state index contributed by atoms with van der Waals surface area (Å²) in [7, 11) is 0. The average Bonchev–Trinajstić information content (AvgIpc) is 2.70. The summed E-state index contributed by atoms with van der Waals surface area (Å²) in [4.78, 5) is 0. The lowest BCUT2D eigenvalue weighted by molar-refractivity contribution is 1.43. The molecule has 0 N–H and O–H groups in total. The summed E-state index contributed by atoms with van der Waals surface area (Å²) in [5.74, 6) is 0. The molecule has 0 fully saturated rings. The number of hydrogen-bond donors (Lipinski definition) is 0. The molecule has 0 amide bonds. The van der Waals surface area contributed by atoms with E-state index in [0.29, 0.717) is 0 Å². The van der Waals surface area contributed by atoms with Crippen molar-refractivity contribution in [3.05, 3.63) is 71.3 Å². The van der Waals surface area contributed by atoms with Crippen LogP contribution in [0.1, 0.15) is 16.7 Å². The average molecular weight is 327 g/mol. The molecule has 0 aliphatic rings. The van der Waals surface area contributed by atoms with Crippen molar-refractivity contribution in [3.8, 4) is 18.2 Å². The van der Waals surface area contributed by atoms with E-state index in [1.165, 1.54) is 0 Å². The van der Waals surface area contributed by atoms with Gasteiger partial charge >= 0.3 is 0 Å². The summed E-state index contributed by atoms with van der Waals surface area (Å²) < 4.78 is 0. The Bertz CT molecular complexity index is 1500. The molecule has 0 aliphatic carbocycles. The van der Waals surface area contributed by atoms with Crippen LogP contribution in [0.25, 0.3) is 43.1 Å². The molecule has 26 heavy (non-hydrogen) atoms. The summed E-state index contributed by atoms with van der Waals surface area (Å²) >= 11 is 0. The minimum absolute atomic E-state index is 0.158. The van der Waals surface area contributed by atoms with Crippen LogP contribution in [-0.2, 0) is 0 Å². The summed E-state index contributed by atoms with van der Waals surface area (Å²) in [6.07, 6.45) is 0. The Morgan fingerprint density at radius 1 is 0.462 bits per heavy atom. The minimum Gasteiger partial charge on any atom is -0.192 e. The number of nitriles is 3. The molecule has 5 aromatic carbocycles. The number of hydrogen-bond acceptors (Lipinski definition) is 3. The maximum Gasteiger partial charge on any atom is 0.102 e. The van der Waals surface area contributed by atoms with Crippen molar-refractivity contribution in [2.45, 2.75) is 0 Å². The molecule has 0 radical (unpaired) electrons. The van der Waals surface area contributed by atoms with Crippen LogP contribution in [-0.4, -0.2) is 0 Å². The Morgan fingerprint density at radius 3 is 1.65 bits per heavy atom. The van der Waals surface area contributed by atoms with Gasteiger partial charge in [-0.25, -0.2) is 0 Å². The lowest BCUT2D eigenvalue weighted by atomic mass is 9.84. The predicted molar refractivity (Wildman–Crippen MR) is 102 cm³/mol. The molecule has 0 saturated heterocycles. The third kappa shape index (κ3) is 1.54. The van der Waals surface area contributed by atoms with E-state index in [0.717, 1.165) is 43.1 Å². The summed E-state index contributed by atoms with van der Waals surface area (Å²) in [6, 6.07) is 24.3. The highest BCUT2D eigenvalue weighted by Crippen LogP contribution is 2.43. The van der Waals surface area contributed by atoms with Crippen LogP contribution in [0.4, 0.5) is 0 Å². The molecule has 0 saturated carbocycles. The molecule has 0 bridgehead atoms. The Labute approximate surface area is 148 Å². The number of rotatable bonds is 0. The summed E-state index contributed by atoms with van der Waals surface area (Å²) in [5, 5.41) is 36.8. The molecule has 0 atom stereocenters. The molecule has 116 valence electrons. The second-order valence-corrected chi connectivity index (χ2v) is 6.27. The second kappa shape index (κ2) is 4.93. The van der Waals surface area contributed by atoms with E-state index in [1.54, 1.807) is 0 Å². The van der Waals surface area contributed by atoms with Crippen LogP contribution >= 0.6 is 0 Å². The molecular formula is C23H9N3. The Kier molecular flexibility index (Phi) is 2.70. The minimum atomic E-state index is 0.158. The van der Waals surface area contributed by atoms with Crippen LogP contribution in [0, 0.1) is 34.0 Å². The maximum absolute atomic E-state index is 9.85. The van der Waals surface area contributed by atoms with Gasteiger partial charge in [0.1, 0.15) is 18.2 Å². The van der Waals surface area contributed by atoms with Gasteiger partial charge in [0.2, 0.25) is 0 Å². The van der Waals surface area contributed by atoms with Crippen LogP contribution < -0.4 is 0 Å². The van der Waals surface area contributed by atoms with E-state index in [4.69, 9.17) is 0 Å². The monoisotopic (exact) mass is 327 g/mol. The molecule has 0 spiro atoms. The van der Waals surface area contributed by atoms with E-state index in [2.05, 4.69) is 24.3 Å². The first-order valence-electron chi connectivity index (χ1n) is 8.15. The van der Waals surface area contributed by atoms with Gasteiger partial charge in [-0.15, -0.1) is 0 Å². The SMILES string of the molecule is N#Cc1c(C#N)c2cccc3c4cccc5cccc(c(c1C#N)c23)c54. The molecule has 0 unspecified atom stereocenters. The molecule has 0 aliphatic heterocycles. The van der Waals surface area contributed by atoms with Crippen molar-refractivity contribution in [1.29, 1.82) is 15.8 Å². The zero-order valence-corrected chi connectivity index (χ0v) is 13.5. The van der Waals surface area contributed by atoms with Gasteiger partial charge in [0.25, 0.3) is 0 Å². The van der Waals surface area contributed by atoms with Crippen LogP contribution in [0.3, 0.4) is 0 Å². The molecule has 3 nitrogen and oxygen atoms in total. The van der Waals surface area contributed by atoms with Gasteiger partial charge in [-0.05, 0) is 26.9 Å². The molecule has 5 aromatic rings. The van der Waals surface area contributed by atoms with E-state index < -0.39 is 0 Å². The fourth-order valence-electron chi connectivity index (χ4n) is 4.15. The van der Waals surface area contributed by atoms with Gasteiger partial charge in [-0.3, -0.25) is 0 Å². The highest BCUT2D eigenvalue weighted by molar-refractivity contribution is 6.34. The van der Waals surface area contributed by atoms with E-state index >= 15 is 0 Å². The smallest absolute Gasteiger partial charge is 0.102 e. The second-order valence-electron chi connectivity index (χ2n) is 6.27. The van der Waals surface area contributed by atoms with Crippen LogP contribution in [0.15, 0.2) is 54.6 Å². The fraction of sp³-hybridized carbons (Fsp3) is 0. The van der Waals surface area contributed by atoms with Crippen LogP contribution in [0.2, 0.25) is 0 Å². The summed E-state index contributed by atoms with van der Waals surface area (Å²) in [6.45, 7) is 0. The standard InChI is InChI=1S/C23H9N3/c24-10-18-16-8-3-7-15-14-6-1-4-13-5-2-9-17(21(13)14)23(22(15)16)20(12-26)19(18)11-25/h1-9H. The zero-order chi connectivity index (χ0) is 17.8. The number of nitrogens with zero attached hydrogens (tertiary/aromatic N) is 3.